The number of benzene rings is 2. The lowest BCUT2D eigenvalue weighted by atomic mass is 10.1. The van der Waals surface area contributed by atoms with Gasteiger partial charge in [0.15, 0.2) is 0 Å². The fraction of sp³-hybridized carbons (Fsp3) is 0.0588. The lowest BCUT2D eigenvalue weighted by Crippen LogP contribution is -2.09. The standard InChI is InChI=1S/C17H12ClIN2O/c1-11(22)21-17(13-7-9-14(18)10-8-13)15(19)16(20-21)12-5-3-2-4-6-12/h2-10H,1H3. The molecule has 3 rings (SSSR count). The Labute approximate surface area is 147 Å². The third-order valence-electron chi connectivity index (χ3n) is 3.29. The summed E-state index contributed by atoms with van der Waals surface area (Å²) in [6.45, 7) is 1.51. The molecule has 110 valence electrons. The van der Waals surface area contributed by atoms with Crippen LogP contribution in [0.2, 0.25) is 5.02 Å². The van der Waals surface area contributed by atoms with Crippen molar-refractivity contribution in [2.45, 2.75) is 6.92 Å². The van der Waals surface area contributed by atoms with Crippen molar-refractivity contribution < 1.29 is 4.79 Å². The minimum absolute atomic E-state index is 0.120. The Morgan fingerprint density at radius 1 is 1.05 bits per heavy atom. The zero-order valence-corrected chi connectivity index (χ0v) is 14.7. The summed E-state index contributed by atoms with van der Waals surface area (Å²) in [5, 5.41) is 5.17. The number of carbonyl (C=O) groups excluding carboxylic acids is 1. The second kappa shape index (κ2) is 6.22. The van der Waals surface area contributed by atoms with Crippen molar-refractivity contribution in [1.82, 2.24) is 9.78 Å². The molecular weight excluding hydrogens is 411 g/mol. The van der Waals surface area contributed by atoms with Crippen LogP contribution < -0.4 is 0 Å². The predicted octanol–water partition coefficient (Wildman–Crippen LogP) is 5.14. The SMILES string of the molecule is CC(=O)n1nc(-c2ccccc2)c(I)c1-c1ccc(Cl)cc1. The Balaban J connectivity index is 2.23. The highest BCUT2D eigenvalue weighted by molar-refractivity contribution is 14.1. The first-order valence-electron chi connectivity index (χ1n) is 6.68. The zero-order chi connectivity index (χ0) is 15.7. The molecule has 0 saturated heterocycles. The molecule has 2 aromatic carbocycles. The molecule has 1 aromatic heterocycles. The third-order valence-corrected chi connectivity index (χ3v) is 4.56. The minimum Gasteiger partial charge on any atom is -0.273 e. The molecule has 0 spiro atoms. The number of carbonyl (C=O) groups is 1. The summed E-state index contributed by atoms with van der Waals surface area (Å²) in [4.78, 5) is 12.0. The third kappa shape index (κ3) is 2.80. The molecule has 0 unspecified atom stereocenters. The molecule has 5 heteroatoms. The average Bonchev–Trinajstić information content (AvgIpc) is 2.87. The number of aromatic nitrogens is 2. The molecule has 3 nitrogen and oxygen atoms in total. The van der Waals surface area contributed by atoms with Crippen LogP contribution in [0.5, 0.6) is 0 Å². The second-order valence-corrected chi connectivity index (χ2v) is 6.33. The maximum absolute atomic E-state index is 12.0. The quantitative estimate of drug-likeness (QED) is 0.536. The van der Waals surface area contributed by atoms with E-state index in [2.05, 4.69) is 27.7 Å². The first-order chi connectivity index (χ1) is 10.6. The molecule has 0 aliphatic rings. The van der Waals surface area contributed by atoms with Gasteiger partial charge in [-0.1, -0.05) is 54.1 Å². The van der Waals surface area contributed by atoms with Crippen LogP contribution in [0.15, 0.2) is 54.6 Å². The normalized spacial score (nSPS) is 10.7. The van der Waals surface area contributed by atoms with E-state index in [9.17, 15) is 4.79 Å². The average molecular weight is 423 g/mol. The molecule has 0 radical (unpaired) electrons. The van der Waals surface area contributed by atoms with Crippen LogP contribution >= 0.6 is 34.2 Å². The molecule has 1 heterocycles. The van der Waals surface area contributed by atoms with Crippen LogP contribution in [0.3, 0.4) is 0 Å². The van der Waals surface area contributed by atoms with Gasteiger partial charge in [0.1, 0.15) is 5.69 Å². The van der Waals surface area contributed by atoms with Gasteiger partial charge in [0.25, 0.3) is 0 Å². The van der Waals surface area contributed by atoms with E-state index >= 15 is 0 Å². The lowest BCUT2D eigenvalue weighted by Gasteiger charge is -2.04. The van der Waals surface area contributed by atoms with Gasteiger partial charge in [-0.3, -0.25) is 4.79 Å². The molecular formula is C17H12ClIN2O. The van der Waals surface area contributed by atoms with Gasteiger partial charge >= 0.3 is 0 Å². The highest BCUT2D eigenvalue weighted by atomic mass is 127. The topological polar surface area (TPSA) is 34.9 Å². The fourth-order valence-electron chi connectivity index (χ4n) is 2.26. The van der Waals surface area contributed by atoms with Crippen LogP contribution in [-0.4, -0.2) is 15.7 Å². The Morgan fingerprint density at radius 2 is 1.68 bits per heavy atom. The molecule has 0 aliphatic carbocycles. The van der Waals surface area contributed by atoms with Gasteiger partial charge in [-0.15, -0.1) is 0 Å². The van der Waals surface area contributed by atoms with Gasteiger partial charge in [-0.05, 0) is 34.7 Å². The Morgan fingerprint density at radius 3 is 2.27 bits per heavy atom. The highest BCUT2D eigenvalue weighted by Gasteiger charge is 2.20. The molecule has 3 aromatic rings. The van der Waals surface area contributed by atoms with Crippen LogP contribution in [0, 0.1) is 3.57 Å². The highest BCUT2D eigenvalue weighted by Crippen LogP contribution is 2.33. The first-order valence-corrected chi connectivity index (χ1v) is 8.14. The van der Waals surface area contributed by atoms with Gasteiger partial charge in [-0.2, -0.15) is 9.78 Å². The Hall–Kier alpha value is -1.66. The van der Waals surface area contributed by atoms with E-state index in [1.807, 2.05) is 54.6 Å². The summed E-state index contributed by atoms with van der Waals surface area (Å²) < 4.78 is 2.40. The number of hydrogen-bond acceptors (Lipinski definition) is 2. The molecule has 0 aliphatic heterocycles. The summed E-state index contributed by atoms with van der Waals surface area (Å²) in [6, 6.07) is 17.3. The van der Waals surface area contributed by atoms with Gasteiger partial charge in [0.2, 0.25) is 5.91 Å². The van der Waals surface area contributed by atoms with E-state index in [-0.39, 0.29) is 5.91 Å². The molecule has 0 fully saturated rings. The lowest BCUT2D eigenvalue weighted by molar-refractivity contribution is 0.0923. The van der Waals surface area contributed by atoms with Crippen LogP contribution in [0.25, 0.3) is 22.5 Å². The maximum atomic E-state index is 12.0. The largest absolute Gasteiger partial charge is 0.273 e. The van der Waals surface area contributed by atoms with E-state index in [0.717, 1.165) is 26.1 Å². The summed E-state index contributed by atoms with van der Waals surface area (Å²) in [5.41, 5.74) is 3.51. The summed E-state index contributed by atoms with van der Waals surface area (Å²) >= 11 is 8.19. The summed E-state index contributed by atoms with van der Waals surface area (Å²) in [7, 11) is 0. The molecule has 0 bridgehead atoms. The monoisotopic (exact) mass is 422 g/mol. The molecule has 0 amide bonds. The summed E-state index contributed by atoms with van der Waals surface area (Å²) in [6.07, 6.45) is 0. The van der Waals surface area contributed by atoms with Crippen LogP contribution in [-0.2, 0) is 0 Å². The Bertz CT molecular complexity index is 826. The molecule has 0 atom stereocenters. The van der Waals surface area contributed by atoms with Gasteiger partial charge in [0, 0.05) is 23.1 Å². The van der Waals surface area contributed by atoms with Crippen molar-refractivity contribution >= 4 is 40.1 Å². The van der Waals surface area contributed by atoms with Gasteiger partial charge in [-0.25, -0.2) is 0 Å². The van der Waals surface area contributed by atoms with Gasteiger partial charge in [0.05, 0.1) is 9.26 Å². The minimum atomic E-state index is -0.120. The van der Waals surface area contributed by atoms with Crippen molar-refractivity contribution in [2.75, 3.05) is 0 Å². The number of halogens is 2. The first kappa shape index (κ1) is 15.2. The molecule has 0 saturated carbocycles. The van der Waals surface area contributed by atoms with Gasteiger partial charge < -0.3 is 0 Å². The van der Waals surface area contributed by atoms with Crippen molar-refractivity contribution in [3.05, 3.63) is 63.2 Å². The number of nitrogens with zero attached hydrogens (tertiary/aromatic N) is 2. The Kier molecular flexibility index (Phi) is 4.31. The van der Waals surface area contributed by atoms with E-state index in [1.54, 1.807) is 0 Å². The summed E-state index contributed by atoms with van der Waals surface area (Å²) in [5.74, 6) is -0.120. The fourth-order valence-corrected chi connectivity index (χ4v) is 3.35. The molecule has 0 N–H and O–H groups in total. The predicted molar refractivity (Wildman–Crippen MR) is 97.1 cm³/mol. The van der Waals surface area contributed by atoms with Crippen LogP contribution in [0.1, 0.15) is 11.7 Å². The maximum Gasteiger partial charge on any atom is 0.244 e. The number of hydrogen-bond donors (Lipinski definition) is 0. The van der Waals surface area contributed by atoms with Crippen molar-refractivity contribution in [2.24, 2.45) is 0 Å². The van der Waals surface area contributed by atoms with Crippen molar-refractivity contribution in [1.29, 1.82) is 0 Å². The van der Waals surface area contributed by atoms with Crippen molar-refractivity contribution in [3.8, 4) is 22.5 Å². The van der Waals surface area contributed by atoms with E-state index in [0.29, 0.717) is 5.02 Å². The smallest absolute Gasteiger partial charge is 0.244 e. The van der Waals surface area contributed by atoms with E-state index in [1.165, 1.54) is 11.6 Å². The second-order valence-electron chi connectivity index (χ2n) is 4.81. The van der Waals surface area contributed by atoms with Crippen LogP contribution in [0.4, 0.5) is 0 Å². The van der Waals surface area contributed by atoms with Crippen molar-refractivity contribution in [3.63, 3.8) is 0 Å². The zero-order valence-electron chi connectivity index (χ0n) is 11.8. The van der Waals surface area contributed by atoms with E-state index < -0.39 is 0 Å². The molecule has 22 heavy (non-hydrogen) atoms. The number of rotatable bonds is 2. The van der Waals surface area contributed by atoms with E-state index in [4.69, 9.17) is 11.6 Å².